The van der Waals surface area contributed by atoms with Crippen molar-refractivity contribution in [1.29, 1.82) is 0 Å². The molecule has 1 aromatic heterocycles. The van der Waals surface area contributed by atoms with Crippen molar-refractivity contribution in [3.8, 4) is 5.88 Å². The number of nitrogens with zero attached hydrogens (tertiary/aromatic N) is 2. The summed E-state index contributed by atoms with van der Waals surface area (Å²) in [6, 6.07) is 3.82. The van der Waals surface area contributed by atoms with Gasteiger partial charge in [0.25, 0.3) is 0 Å². The van der Waals surface area contributed by atoms with Gasteiger partial charge >= 0.3 is 0 Å². The number of pyridine rings is 1. The lowest BCUT2D eigenvalue weighted by Crippen LogP contribution is -2.42. The summed E-state index contributed by atoms with van der Waals surface area (Å²) in [4.78, 5) is 6.76. The van der Waals surface area contributed by atoms with Crippen molar-refractivity contribution < 1.29 is 9.47 Å². The fourth-order valence-electron chi connectivity index (χ4n) is 2.11. The molecule has 2 N–H and O–H groups in total. The highest BCUT2D eigenvalue weighted by Gasteiger charge is 2.20. The maximum absolute atomic E-state index is 5.88. The van der Waals surface area contributed by atoms with Crippen LogP contribution >= 0.6 is 0 Å². The van der Waals surface area contributed by atoms with Crippen molar-refractivity contribution in [2.45, 2.75) is 32.8 Å². The van der Waals surface area contributed by atoms with E-state index >= 15 is 0 Å². The first-order valence-corrected chi connectivity index (χ1v) is 7.00. The summed E-state index contributed by atoms with van der Waals surface area (Å²) in [6.45, 7) is 7.33. The van der Waals surface area contributed by atoms with Gasteiger partial charge in [-0.05, 0) is 25.0 Å². The van der Waals surface area contributed by atoms with Crippen LogP contribution in [0.15, 0.2) is 12.1 Å². The van der Waals surface area contributed by atoms with Gasteiger partial charge in [-0.1, -0.05) is 13.8 Å². The Morgan fingerprint density at radius 2 is 2.32 bits per heavy atom. The van der Waals surface area contributed by atoms with Crippen LogP contribution in [-0.4, -0.2) is 37.4 Å². The molecule has 1 fully saturated rings. The Morgan fingerprint density at radius 1 is 1.47 bits per heavy atom. The maximum atomic E-state index is 5.88. The number of nitrogen functional groups attached to an aromatic ring is 1. The van der Waals surface area contributed by atoms with Crippen LogP contribution in [0.1, 0.15) is 26.7 Å². The van der Waals surface area contributed by atoms with E-state index in [-0.39, 0.29) is 6.10 Å². The number of rotatable bonds is 5. The number of hydrogen-bond acceptors (Lipinski definition) is 5. The van der Waals surface area contributed by atoms with Crippen molar-refractivity contribution >= 4 is 11.5 Å². The minimum Gasteiger partial charge on any atom is -0.476 e. The molecule has 0 bridgehead atoms. The molecule has 5 heteroatoms. The van der Waals surface area contributed by atoms with Crippen LogP contribution in [0.25, 0.3) is 0 Å². The molecule has 0 aliphatic carbocycles. The molecule has 1 aliphatic heterocycles. The van der Waals surface area contributed by atoms with Crippen molar-refractivity contribution in [2.24, 2.45) is 0 Å². The Hall–Kier alpha value is -1.49. The second-order valence-electron chi connectivity index (χ2n) is 4.76. The third-order valence-electron chi connectivity index (χ3n) is 3.24. The van der Waals surface area contributed by atoms with Crippen LogP contribution in [0.4, 0.5) is 11.5 Å². The van der Waals surface area contributed by atoms with Crippen LogP contribution in [0.5, 0.6) is 5.88 Å². The lowest BCUT2D eigenvalue weighted by Gasteiger charge is -2.33. The zero-order valence-corrected chi connectivity index (χ0v) is 11.8. The van der Waals surface area contributed by atoms with Gasteiger partial charge in [0.1, 0.15) is 5.82 Å². The van der Waals surface area contributed by atoms with Gasteiger partial charge in [0.2, 0.25) is 5.88 Å². The number of aromatic nitrogens is 1. The second-order valence-corrected chi connectivity index (χ2v) is 4.76. The molecule has 1 unspecified atom stereocenters. The number of ether oxygens (including phenoxy) is 2. The molecule has 2 rings (SSSR count). The fraction of sp³-hybridized carbons (Fsp3) is 0.643. The van der Waals surface area contributed by atoms with E-state index in [0.717, 1.165) is 38.4 Å². The van der Waals surface area contributed by atoms with E-state index in [4.69, 9.17) is 15.2 Å². The predicted molar refractivity (Wildman–Crippen MR) is 76.7 cm³/mol. The van der Waals surface area contributed by atoms with Gasteiger partial charge in [0.15, 0.2) is 0 Å². The average molecular weight is 265 g/mol. The first kappa shape index (κ1) is 13.9. The Bertz CT molecular complexity index is 412. The first-order valence-electron chi connectivity index (χ1n) is 7.00. The molecule has 5 nitrogen and oxygen atoms in total. The van der Waals surface area contributed by atoms with E-state index in [9.17, 15) is 0 Å². The standard InChI is InChI=1S/C14H23N3O2/c1-3-8-19-14-12(15)5-6-13(16-14)17-7-9-18-11(4-2)10-17/h5-6,11H,3-4,7-10,15H2,1-2H3. The molecule has 0 radical (unpaired) electrons. The third-order valence-corrected chi connectivity index (χ3v) is 3.24. The molecule has 0 spiro atoms. The van der Waals surface area contributed by atoms with E-state index in [1.807, 2.05) is 12.1 Å². The second kappa shape index (κ2) is 6.61. The fourth-order valence-corrected chi connectivity index (χ4v) is 2.11. The highest BCUT2D eigenvalue weighted by molar-refractivity contribution is 5.54. The number of anilines is 2. The summed E-state index contributed by atoms with van der Waals surface area (Å²) < 4.78 is 11.2. The Morgan fingerprint density at radius 3 is 3.05 bits per heavy atom. The van der Waals surface area contributed by atoms with E-state index < -0.39 is 0 Å². The van der Waals surface area contributed by atoms with E-state index in [0.29, 0.717) is 18.2 Å². The number of hydrogen-bond donors (Lipinski definition) is 1. The molecule has 1 aliphatic rings. The van der Waals surface area contributed by atoms with E-state index in [1.54, 1.807) is 0 Å². The van der Waals surface area contributed by atoms with Crippen LogP contribution < -0.4 is 15.4 Å². The molecule has 2 heterocycles. The third kappa shape index (κ3) is 3.50. The van der Waals surface area contributed by atoms with E-state index in [1.165, 1.54) is 0 Å². The minimum absolute atomic E-state index is 0.285. The molecule has 0 saturated carbocycles. The molecule has 1 saturated heterocycles. The van der Waals surface area contributed by atoms with Crippen LogP contribution in [0, 0.1) is 0 Å². The summed E-state index contributed by atoms with van der Waals surface area (Å²) in [7, 11) is 0. The summed E-state index contributed by atoms with van der Waals surface area (Å²) in [5.74, 6) is 1.46. The van der Waals surface area contributed by atoms with Gasteiger partial charge in [0, 0.05) is 13.1 Å². The lowest BCUT2D eigenvalue weighted by atomic mass is 10.2. The Kier molecular flexibility index (Phi) is 4.85. The highest BCUT2D eigenvalue weighted by Crippen LogP contribution is 2.24. The Labute approximate surface area is 114 Å². The van der Waals surface area contributed by atoms with Gasteiger partial charge in [-0.3, -0.25) is 0 Å². The van der Waals surface area contributed by atoms with Crippen molar-refractivity contribution in [3.05, 3.63) is 12.1 Å². The largest absolute Gasteiger partial charge is 0.476 e. The van der Waals surface area contributed by atoms with Gasteiger partial charge < -0.3 is 20.1 Å². The van der Waals surface area contributed by atoms with Gasteiger partial charge in [0.05, 0.1) is 25.0 Å². The first-order chi connectivity index (χ1) is 9.24. The van der Waals surface area contributed by atoms with Crippen LogP contribution in [-0.2, 0) is 4.74 Å². The topological polar surface area (TPSA) is 60.6 Å². The highest BCUT2D eigenvalue weighted by atomic mass is 16.5. The summed E-state index contributed by atoms with van der Waals surface area (Å²) in [5.41, 5.74) is 6.48. The van der Waals surface area contributed by atoms with Gasteiger partial charge in [-0.15, -0.1) is 0 Å². The van der Waals surface area contributed by atoms with Crippen LogP contribution in [0.3, 0.4) is 0 Å². The quantitative estimate of drug-likeness (QED) is 0.883. The van der Waals surface area contributed by atoms with Crippen LogP contribution in [0.2, 0.25) is 0 Å². The molecule has 1 aromatic rings. The number of nitrogens with two attached hydrogens (primary N) is 1. The molecular formula is C14H23N3O2. The molecule has 19 heavy (non-hydrogen) atoms. The molecule has 0 amide bonds. The van der Waals surface area contributed by atoms with Gasteiger partial charge in [-0.25, -0.2) is 0 Å². The molecule has 106 valence electrons. The average Bonchev–Trinajstić information content (AvgIpc) is 2.46. The maximum Gasteiger partial charge on any atom is 0.239 e. The van der Waals surface area contributed by atoms with Gasteiger partial charge in [-0.2, -0.15) is 4.98 Å². The normalized spacial score (nSPS) is 19.5. The SMILES string of the molecule is CCCOc1nc(N2CCOC(CC)C2)ccc1N. The zero-order valence-electron chi connectivity index (χ0n) is 11.8. The van der Waals surface area contributed by atoms with Crippen molar-refractivity contribution in [1.82, 2.24) is 4.98 Å². The van der Waals surface area contributed by atoms with E-state index in [2.05, 4.69) is 23.7 Å². The van der Waals surface area contributed by atoms with Crippen molar-refractivity contribution in [3.63, 3.8) is 0 Å². The molecule has 0 aromatic carbocycles. The molecule has 1 atom stereocenters. The molecular weight excluding hydrogens is 242 g/mol. The number of morpholine rings is 1. The zero-order chi connectivity index (χ0) is 13.7. The summed E-state index contributed by atoms with van der Waals surface area (Å²) in [6.07, 6.45) is 2.25. The minimum atomic E-state index is 0.285. The summed E-state index contributed by atoms with van der Waals surface area (Å²) >= 11 is 0. The van der Waals surface area contributed by atoms with Crippen molar-refractivity contribution in [2.75, 3.05) is 36.9 Å². The predicted octanol–water partition coefficient (Wildman–Crippen LogP) is 2.07. The smallest absolute Gasteiger partial charge is 0.239 e. The summed E-state index contributed by atoms with van der Waals surface area (Å²) in [5, 5.41) is 0. The Balaban J connectivity index is 2.10. The lowest BCUT2D eigenvalue weighted by molar-refractivity contribution is 0.0381. The monoisotopic (exact) mass is 265 g/mol.